The van der Waals surface area contributed by atoms with Crippen LogP contribution in [0.3, 0.4) is 0 Å². The molecule has 158 valence electrons. The Balaban J connectivity index is 1.35. The second-order valence-electron chi connectivity index (χ2n) is 7.84. The van der Waals surface area contributed by atoms with Gasteiger partial charge in [-0.3, -0.25) is 9.69 Å². The number of halogens is 3. The van der Waals surface area contributed by atoms with E-state index in [4.69, 9.17) is 5.26 Å². The number of anilines is 1. The minimum absolute atomic E-state index is 0.00283. The van der Waals surface area contributed by atoms with Crippen LogP contribution >= 0.6 is 0 Å². The number of hydrogen-bond donors (Lipinski definition) is 1. The third-order valence-corrected chi connectivity index (χ3v) is 5.70. The SMILES string of the molecule is N#CC1CCCN1C(=O)CN1CC[C@@H](Nc2ccc3nc(C(F)(F)F)ccc3c2)C1. The molecule has 2 aliphatic heterocycles. The van der Waals surface area contributed by atoms with E-state index in [1.807, 2.05) is 0 Å². The number of nitriles is 1. The van der Waals surface area contributed by atoms with E-state index in [1.54, 1.807) is 23.1 Å². The minimum atomic E-state index is -4.46. The summed E-state index contributed by atoms with van der Waals surface area (Å²) in [6, 6.07) is 9.54. The molecular formula is C21H22F3N5O. The smallest absolute Gasteiger partial charge is 0.381 e. The highest BCUT2D eigenvalue weighted by atomic mass is 19.4. The summed E-state index contributed by atoms with van der Waals surface area (Å²) >= 11 is 0. The molecule has 2 saturated heterocycles. The first-order valence-electron chi connectivity index (χ1n) is 9.99. The average molecular weight is 417 g/mol. The predicted molar refractivity (Wildman–Crippen MR) is 106 cm³/mol. The summed E-state index contributed by atoms with van der Waals surface area (Å²) < 4.78 is 38.4. The van der Waals surface area contributed by atoms with E-state index >= 15 is 0 Å². The van der Waals surface area contributed by atoms with Gasteiger partial charge in [-0.25, -0.2) is 4.98 Å². The normalized spacial score (nSPS) is 22.4. The quantitative estimate of drug-likeness (QED) is 0.827. The van der Waals surface area contributed by atoms with Crippen molar-refractivity contribution >= 4 is 22.5 Å². The third-order valence-electron chi connectivity index (χ3n) is 5.70. The Labute approximate surface area is 172 Å². The van der Waals surface area contributed by atoms with E-state index in [2.05, 4.69) is 21.3 Å². The Hall–Kier alpha value is -2.86. The van der Waals surface area contributed by atoms with Crippen molar-refractivity contribution in [1.82, 2.24) is 14.8 Å². The Morgan fingerprint density at radius 1 is 1.23 bits per heavy atom. The number of hydrogen-bond acceptors (Lipinski definition) is 5. The number of fused-ring (bicyclic) bond motifs is 1. The van der Waals surface area contributed by atoms with Crippen molar-refractivity contribution < 1.29 is 18.0 Å². The van der Waals surface area contributed by atoms with Crippen LogP contribution in [0.1, 0.15) is 25.0 Å². The van der Waals surface area contributed by atoms with E-state index in [-0.39, 0.29) is 18.0 Å². The molecule has 1 N–H and O–H groups in total. The van der Waals surface area contributed by atoms with E-state index in [0.29, 0.717) is 30.5 Å². The molecule has 0 saturated carbocycles. The molecule has 1 aromatic carbocycles. The van der Waals surface area contributed by atoms with Crippen molar-refractivity contribution in [3.63, 3.8) is 0 Å². The topological polar surface area (TPSA) is 72.3 Å². The number of carbonyl (C=O) groups excluding carboxylic acids is 1. The molecular weight excluding hydrogens is 395 g/mol. The summed E-state index contributed by atoms with van der Waals surface area (Å²) in [6.07, 6.45) is -1.99. The number of pyridine rings is 1. The van der Waals surface area contributed by atoms with Gasteiger partial charge in [-0.2, -0.15) is 18.4 Å². The van der Waals surface area contributed by atoms with Crippen LogP contribution in [0.5, 0.6) is 0 Å². The maximum Gasteiger partial charge on any atom is 0.433 e. The molecule has 1 aromatic heterocycles. The summed E-state index contributed by atoms with van der Waals surface area (Å²) in [5.41, 5.74) is 0.210. The molecule has 2 aliphatic rings. The number of carbonyl (C=O) groups is 1. The van der Waals surface area contributed by atoms with Crippen LogP contribution in [0.2, 0.25) is 0 Å². The molecule has 2 atom stereocenters. The lowest BCUT2D eigenvalue weighted by atomic mass is 10.1. The Bertz CT molecular complexity index is 987. The first-order chi connectivity index (χ1) is 14.3. The summed E-state index contributed by atoms with van der Waals surface area (Å²) in [6.45, 7) is 2.42. The minimum Gasteiger partial charge on any atom is -0.381 e. The summed E-state index contributed by atoms with van der Waals surface area (Å²) in [5.74, 6) is -0.00283. The van der Waals surface area contributed by atoms with Crippen molar-refractivity contribution in [3.8, 4) is 6.07 Å². The number of amides is 1. The number of nitrogens with one attached hydrogen (secondary N) is 1. The summed E-state index contributed by atoms with van der Waals surface area (Å²) in [4.78, 5) is 19.9. The molecule has 2 aromatic rings. The van der Waals surface area contributed by atoms with Gasteiger partial charge >= 0.3 is 6.18 Å². The maximum atomic E-state index is 12.8. The molecule has 1 amide bonds. The van der Waals surface area contributed by atoms with Gasteiger partial charge in [0.25, 0.3) is 0 Å². The van der Waals surface area contributed by atoms with Gasteiger partial charge in [0.15, 0.2) is 0 Å². The number of benzene rings is 1. The fourth-order valence-corrected chi connectivity index (χ4v) is 4.18. The molecule has 6 nitrogen and oxygen atoms in total. The fraction of sp³-hybridized carbons (Fsp3) is 0.476. The van der Waals surface area contributed by atoms with Crippen LogP contribution in [-0.4, -0.2) is 59.0 Å². The van der Waals surface area contributed by atoms with Crippen molar-refractivity contribution in [2.45, 2.75) is 37.5 Å². The highest BCUT2D eigenvalue weighted by Crippen LogP contribution is 2.30. The number of alkyl halides is 3. The van der Waals surface area contributed by atoms with E-state index < -0.39 is 11.9 Å². The van der Waals surface area contributed by atoms with Crippen LogP contribution in [0.25, 0.3) is 10.9 Å². The van der Waals surface area contributed by atoms with Crippen LogP contribution in [-0.2, 0) is 11.0 Å². The fourth-order valence-electron chi connectivity index (χ4n) is 4.18. The molecule has 2 fully saturated rings. The van der Waals surface area contributed by atoms with Crippen LogP contribution in [0.15, 0.2) is 30.3 Å². The first kappa shape index (κ1) is 20.4. The van der Waals surface area contributed by atoms with Gasteiger partial charge < -0.3 is 10.2 Å². The second-order valence-corrected chi connectivity index (χ2v) is 7.84. The lowest BCUT2D eigenvalue weighted by Gasteiger charge is -2.23. The second kappa shape index (κ2) is 8.11. The lowest BCUT2D eigenvalue weighted by molar-refractivity contribution is -0.141. The molecule has 0 bridgehead atoms. The zero-order valence-corrected chi connectivity index (χ0v) is 16.3. The third kappa shape index (κ3) is 4.33. The number of nitrogens with zero attached hydrogens (tertiary/aromatic N) is 4. The van der Waals surface area contributed by atoms with Crippen LogP contribution < -0.4 is 5.32 Å². The molecule has 1 unspecified atom stereocenters. The Kier molecular flexibility index (Phi) is 5.52. The molecule has 4 rings (SSSR count). The van der Waals surface area contributed by atoms with Gasteiger partial charge in [0.1, 0.15) is 11.7 Å². The average Bonchev–Trinajstić information content (AvgIpc) is 3.36. The van der Waals surface area contributed by atoms with Gasteiger partial charge in [0, 0.05) is 36.7 Å². The monoisotopic (exact) mass is 417 g/mol. The molecule has 3 heterocycles. The van der Waals surface area contributed by atoms with E-state index in [0.717, 1.165) is 37.6 Å². The molecule has 0 radical (unpaired) electrons. The van der Waals surface area contributed by atoms with Gasteiger partial charge in [0.2, 0.25) is 5.91 Å². The van der Waals surface area contributed by atoms with E-state index in [9.17, 15) is 18.0 Å². The van der Waals surface area contributed by atoms with Crippen molar-refractivity contribution in [1.29, 1.82) is 5.26 Å². The molecule has 0 aliphatic carbocycles. The first-order valence-corrected chi connectivity index (χ1v) is 9.99. The molecule has 0 spiro atoms. The number of likely N-dealkylation sites (tertiary alicyclic amines) is 2. The standard InChI is InChI=1S/C21H22F3N5O/c22-21(23,24)19-6-3-14-10-15(4-5-18(14)27-19)26-16-7-9-28(12-16)13-20(30)29-8-1-2-17(29)11-25/h3-6,10,16-17,26H,1-2,7-9,12-13H2/t16-,17?/m1/s1. The van der Waals surface area contributed by atoms with Crippen molar-refractivity contribution in [2.75, 3.05) is 31.5 Å². The van der Waals surface area contributed by atoms with Crippen LogP contribution in [0.4, 0.5) is 18.9 Å². The van der Waals surface area contributed by atoms with E-state index in [1.165, 1.54) is 6.07 Å². The summed E-state index contributed by atoms with van der Waals surface area (Å²) in [5, 5.41) is 13.2. The van der Waals surface area contributed by atoms with Gasteiger partial charge in [-0.05, 0) is 43.5 Å². The predicted octanol–water partition coefficient (Wildman–Crippen LogP) is 3.25. The van der Waals surface area contributed by atoms with Gasteiger partial charge in [-0.1, -0.05) is 6.07 Å². The number of aromatic nitrogens is 1. The Morgan fingerprint density at radius 3 is 2.83 bits per heavy atom. The number of rotatable bonds is 4. The highest BCUT2D eigenvalue weighted by Gasteiger charge is 2.33. The largest absolute Gasteiger partial charge is 0.433 e. The highest BCUT2D eigenvalue weighted by molar-refractivity contribution is 5.82. The zero-order valence-electron chi connectivity index (χ0n) is 16.3. The zero-order chi connectivity index (χ0) is 21.3. The van der Waals surface area contributed by atoms with Crippen molar-refractivity contribution in [3.05, 3.63) is 36.0 Å². The van der Waals surface area contributed by atoms with Crippen molar-refractivity contribution in [2.24, 2.45) is 0 Å². The lowest BCUT2D eigenvalue weighted by Crippen LogP contribution is -2.42. The van der Waals surface area contributed by atoms with Crippen LogP contribution in [0, 0.1) is 11.3 Å². The maximum absolute atomic E-state index is 12.8. The molecule has 9 heteroatoms. The van der Waals surface area contributed by atoms with Gasteiger partial charge in [0.05, 0.1) is 18.1 Å². The Morgan fingerprint density at radius 2 is 2.07 bits per heavy atom. The molecule has 30 heavy (non-hydrogen) atoms. The van der Waals surface area contributed by atoms with Gasteiger partial charge in [-0.15, -0.1) is 0 Å². The summed E-state index contributed by atoms with van der Waals surface area (Å²) in [7, 11) is 0.